The van der Waals surface area contributed by atoms with Crippen LogP contribution >= 0.6 is 0 Å². The van der Waals surface area contributed by atoms with Gasteiger partial charge < -0.3 is 10.6 Å². The number of rotatable bonds is 2. The maximum Gasteiger partial charge on any atom is 0.230 e. The molecule has 3 heteroatoms. The van der Waals surface area contributed by atoms with Crippen LogP contribution < -0.4 is 10.6 Å². The third-order valence-electron chi connectivity index (χ3n) is 4.28. The molecule has 2 unspecified atom stereocenters. The summed E-state index contributed by atoms with van der Waals surface area (Å²) >= 11 is 0. The van der Waals surface area contributed by atoms with Crippen LogP contribution in [0.4, 0.5) is 11.4 Å². The number of carbonyl (C=O) groups excluding carboxylic acids is 1. The van der Waals surface area contributed by atoms with Crippen LogP contribution in [0, 0.1) is 17.8 Å². The van der Waals surface area contributed by atoms with E-state index in [1.807, 2.05) is 31.3 Å². The summed E-state index contributed by atoms with van der Waals surface area (Å²) in [5, 5.41) is 0. The molecule has 0 heterocycles. The summed E-state index contributed by atoms with van der Waals surface area (Å²) < 4.78 is 0. The average Bonchev–Trinajstić information content (AvgIpc) is 2.80. The van der Waals surface area contributed by atoms with Crippen LogP contribution in [0.25, 0.3) is 0 Å². The molecule has 1 amide bonds. The van der Waals surface area contributed by atoms with Crippen LogP contribution in [0.3, 0.4) is 0 Å². The molecule has 0 spiro atoms. The summed E-state index contributed by atoms with van der Waals surface area (Å²) in [4.78, 5) is 14.1. The van der Waals surface area contributed by atoms with E-state index in [1.165, 1.54) is 19.3 Å². The van der Waals surface area contributed by atoms with Gasteiger partial charge in [0.2, 0.25) is 5.91 Å². The van der Waals surface area contributed by atoms with Crippen molar-refractivity contribution < 1.29 is 4.79 Å². The summed E-state index contributed by atoms with van der Waals surface area (Å²) in [5.41, 5.74) is 7.35. The quantitative estimate of drug-likeness (QED) is 0.792. The van der Waals surface area contributed by atoms with E-state index < -0.39 is 0 Å². The Morgan fingerprint density at radius 1 is 1.35 bits per heavy atom. The van der Waals surface area contributed by atoms with Gasteiger partial charge in [-0.25, -0.2) is 0 Å². The molecule has 3 rings (SSSR count). The van der Waals surface area contributed by atoms with Gasteiger partial charge in [0.05, 0.1) is 0 Å². The minimum atomic E-state index is 0.269. The van der Waals surface area contributed by atoms with Crippen LogP contribution in [0.5, 0.6) is 0 Å². The number of amides is 1. The van der Waals surface area contributed by atoms with E-state index in [4.69, 9.17) is 5.73 Å². The van der Waals surface area contributed by atoms with Crippen LogP contribution in [0.15, 0.2) is 24.3 Å². The topological polar surface area (TPSA) is 46.3 Å². The van der Waals surface area contributed by atoms with Gasteiger partial charge in [0.15, 0.2) is 0 Å². The molecule has 0 radical (unpaired) electrons. The molecule has 0 aliphatic heterocycles. The first-order chi connectivity index (χ1) is 8.18. The molecule has 2 fully saturated rings. The predicted molar refractivity (Wildman–Crippen MR) is 68.6 cm³/mol. The van der Waals surface area contributed by atoms with Crippen molar-refractivity contribution >= 4 is 17.3 Å². The lowest BCUT2D eigenvalue weighted by molar-refractivity contribution is -0.120. The summed E-state index contributed by atoms with van der Waals surface area (Å²) in [7, 11) is 1.85. The Morgan fingerprint density at radius 3 is 2.71 bits per heavy atom. The maximum atomic E-state index is 12.3. The van der Waals surface area contributed by atoms with Gasteiger partial charge in [0.25, 0.3) is 0 Å². The van der Waals surface area contributed by atoms with Crippen molar-refractivity contribution in [3.63, 3.8) is 0 Å². The number of anilines is 2. The second kappa shape index (κ2) is 3.76. The van der Waals surface area contributed by atoms with E-state index in [-0.39, 0.29) is 11.8 Å². The molecule has 17 heavy (non-hydrogen) atoms. The minimum Gasteiger partial charge on any atom is -0.399 e. The number of hydrogen-bond acceptors (Lipinski definition) is 2. The zero-order valence-corrected chi connectivity index (χ0v) is 10.1. The summed E-state index contributed by atoms with van der Waals surface area (Å²) in [6.07, 6.45) is 3.79. The van der Waals surface area contributed by atoms with Crippen LogP contribution in [0.1, 0.15) is 19.3 Å². The fourth-order valence-electron chi connectivity index (χ4n) is 3.27. The predicted octanol–water partition coefficient (Wildman–Crippen LogP) is 2.28. The van der Waals surface area contributed by atoms with Gasteiger partial charge in [0.1, 0.15) is 0 Å². The van der Waals surface area contributed by atoms with Crippen molar-refractivity contribution in [3.05, 3.63) is 24.3 Å². The van der Waals surface area contributed by atoms with Crippen LogP contribution in [-0.2, 0) is 4.79 Å². The van der Waals surface area contributed by atoms with Crippen LogP contribution in [0.2, 0.25) is 0 Å². The van der Waals surface area contributed by atoms with Crippen molar-refractivity contribution in [1.29, 1.82) is 0 Å². The molecule has 2 saturated carbocycles. The molecule has 90 valence electrons. The van der Waals surface area contributed by atoms with Crippen molar-refractivity contribution in [2.24, 2.45) is 17.8 Å². The number of fused-ring (bicyclic) bond motifs is 1. The Kier molecular flexibility index (Phi) is 2.35. The molecule has 2 N–H and O–H groups in total. The Labute approximate surface area is 102 Å². The summed E-state index contributed by atoms with van der Waals surface area (Å²) in [6.45, 7) is 0. The number of nitrogens with zero attached hydrogens (tertiary/aromatic N) is 1. The Morgan fingerprint density at radius 2 is 2.06 bits per heavy atom. The van der Waals surface area contributed by atoms with Gasteiger partial charge in [-0.05, 0) is 42.9 Å². The third-order valence-corrected chi connectivity index (χ3v) is 4.28. The molecule has 2 atom stereocenters. The molecular weight excluding hydrogens is 212 g/mol. The van der Waals surface area contributed by atoms with Gasteiger partial charge in [-0.1, -0.05) is 12.5 Å². The largest absolute Gasteiger partial charge is 0.399 e. The monoisotopic (exact) mass is 230 g/mol. The van der Waals surface area contributed by atoms with Gasteiger partial charge >= 0.3 is 0 Å². The molecule has 2 aliphatic carbocycles. The lowest BCUT2D eigenvalue weighted by Gasteiger charge is -2.18. The highest BCUT2D eigenvalue weighted by molar-refractivity contribution is 5.97. The molecule has 0 bridgehead atoms. The highest BCUT2D eigenvalue weighted by Gasteiger charge is 2.57. The van der Waals surface area contributed by atoms with E-state index in [0.29, 0.717) is 17.5 Å². The molecule has 3 nitrogen and oxygen atoms in total. The number of nitrogens with two attached hydrogens (primary N) is 1. The first kappa shape index (κ1) is 10.6. The van der Waals surface area contributed by atoms with E-state index in [2.05, 4.69) is 0 Å². The third kappa shape index (κ3) is 1.70. The first-order valence-corrected chi connectivity index (χ1v) is 6.31. The van der Waals surface area contributed by atoms with Gasteiger partial charge in [0, 0.05) is 24.3 Å². The Hall–Kier alpha value is -1.51. The fraction of sp³-hybridized carbons (Fsp3) is 0.500. The summed E-state index contributed by atoms with van der Waals surface area (Å²) in [5.74, 6) is 1.90. The number of benzene rings is 1. The lowest BCUT2D eigenvalue weighted by atomic mass is 10.1. The average molecular weight is 230 g/mol. The highest BCUT2D eigenvalue weighted by atomic mass is 16.2. The fourth-order valence-corrected chi connectivity index (χ4v) is 3.27. The maximum absolute atomic E-state index is 12.3. The number of hydrogen-bond donors (Lipinski definition) is 1. The molecule has 0 aromatic heterocycles. The second-order valence-electron chi connectivity index (χ2n) is 5.28. The Bertz CT molecular complexity index is 447. The van der Waals surface area contributed by atoms with E-state index in [9.17, 15) is 4.79 Å². The molecule has 1 aromatic rings. The van der Waals surface area contributed by atoms with E-state index in [0.717, 1.165) is 5.69 Å². The molecular formula is C14H18N2O. The van der Waals surface area contributed by atoms with Crippen LogP contribution in [-0.4, -0.2) is 13.0 Å². The smallest absolute Gasteiger partial charge is 0.230 e. The van der Waals surface area contributed by atoms with Crippen molar-refractivity contribution in [2.75, 3.05) is 17.7 Å². The van der Waals surface area contributed by atoms with Crippen molar-refractivity contribution in [1.82, 2.24) is 0 Å². The minimum absolute atomic E-state index is 0.269. The summed E-state index contributed by atoms with van der Waals surface area (Å²) in [6, 6.07) is 7.53. The molecule has 0 saturated heterocycles. The van der Waals surface area contributed by atoms with Crippen molar-refractivity contribution in [3.8, 4) is 0 Å². The van der Waals surface area contributed by atoms with Crippen molar-refractivity contribution in [2.45, 2.75) is 19.3 Å². The SMILES string of the molecule is CN(C(=O)C1C2CCCC21)c1cccc(N)c1. The van der Waals surface area contributed by atoms with Gasteiger partial charge in [-0.2, -0.15) is 0 Å². The zero-order valence-electron chi connectivity index (χ0n) is 10.1. The normalized spacial score (nSPS) is 29.8. The molecule has 2 aliphatic rings. The highest BCUT2D eigenvalue weighted by Crippen LogP contribution is 2.58. The van der Waals surface area contributed by atoms with Gasteiger partial charge in [-0.3, -0.25) is 4.79 Å². The molecule has 1 aromatic carbocycles. The first-order valence-electron chi connectivity index (χ1n) is 6.31. The lowest BCUT2D eigenvalue weighted by Crippen LogP contribution is -2.29. The second-order valence-corrected chi connectivity index (χ2v) is 5.28. The number of carbonyl (C=O) groups is 1. The van der Waals surface area contributed by atoms with E-state index >= 15 is 0 Å². The standard InChI is InChI=1S/C14H18N2O/c1-16(10-5-2-4-9(15)8-10)14(17)13-11-6-3-7-12(11)13/h2,4-5,8,11-13H,3,6-7,15H2,1H3. The van der Waals surface area contributed by atoms with Gasteiger partial charge in [-0.15, -0.1) is 0 Å². The van der Waals surface area contributed by atoms with E-state index in [1.54, 1.807) is 4.90 Å². The zero-order chi connectivity index (χ0) is 12.0. The Balaban J connectivity index is 1.74. The number of nitrogen functional groups attached to an aromatic ring is 1.